The summed E-state index contributed by atoms with van der Waals surface area (Å²) >= 11 is 0. The van der Waals surface area contributed by atoms with Crippen LogP contribution in [0, 0.1) is 17.1 Å². The monoisotopic (exact) mass is 283 g/mol. The molecule has 0 saturated heterocycles. The van der Waals surface area contributed by atoms with Gasteiger partial charge in [0.05, 0.1) is 17.3 Å². The zero-order chi connectivity index (χ0) is 15.1. The normalized spacial score (nSPS) is 9.71. The minimum Gasteiger partial charge on any atom is -0.382 e. The van der Waals surface area contributed by atoms with Crippen molar-refractivity contribution in [2.45, 2.75) is 6.42 Å². The average molecular weight is 283 g/mol. The third-order valence-electron chi connectivity index (χ3n) is 2.84. The molecule has 0 aliphatic heterocycles. The van der Waals surface area contributed by atoms with Crippen LogP contribution in [0.25, 0.3) is 0 Å². The molecule has 2 aromatic carbocycles. The molecule has 21 heavy (non-hydrogen) atoms. The van der Waals surface area contributed by atoms with Crippen molar-refractivity contribution in [2.24, 2.45) is 0 Å². The number of anilines is 2. The summed E-state index contributed by atoms with van der Waals surface area (Å²) in [4.78, 5) is 11.7. The van der Waals surface area contributed by atoms with Crippen LogP contribution in [-0.2, 0) is 4.79 Å². The number of nitriles is 1. The number of hydrogen-bond acceptors (Lipinski definition) is 3. The number of hydrogen-bond donors (Lipinski definition) is 2. The third-order valence-corrected chi connectivity index (χ3v) is 2.84. The predicted molar refractivity (Wildman–Crippen MR) is 79.3 cm³/mol. The average Bonchev–Trinajstić information content (AvgIpc) is 2.50. The van der Waals surface area contributed by atoms with Gasteiger partial charge in [0, 0.05) is 18.7 Å². The fourth-order valence-electron chi connectivity index (χ4n) is 1.77. The lowest BCUT2D eigenvalue weighted by atomic mass is 10.2. The van der Waals surface area contributed by atoms with E-state index in [1.54, 1.807) is 42.5 Å². The Morgan fingerprint density at radius 1 is 1.14 bits per heavy atom. The van der Waals surface area contributed by atoms with Crippen LogP contribution in [0.1, 0.15) is 12.0 Å². The second kappa shape index (κ2) is 7.06. The zero-order valence-corrected chi connectivity index (χ0v) is 11.3. The van der Waals surface area contributed by atoms with Crippen LogP contribution in [0.3, 0.4) is 0 Å². The maximum Gasteiger partial charge on any atom is 0.226 e. The molecule has 0 aliphatic rings. The van der Waals surface area contributed by atoms with E-state index in [2.05, 4.69) is 10.6 Å². The maximum atomic E-state index is 13.3. The molecule has 0 unspecified atom stereocenters. The molecular weight excluding hydrogens is 269 g/mol. The molecular formula is C16H14FN3O. The second-order valence-electron chi connectivity index (χ2n) is 4.39. The fraction of sp³-hybridized carbons (Fsp3) is 0.125. The van der Waals surface area contributed by atoms with Gasteiger partial charge in [0.15, 0.2) is 0 Å². The topological polar surface area (TPSA) is 64.9 Å². The Labute approximate surface area is 122 Å². The quantitative estimate of drug-likeness (QED) is 0.886. The van der Waals surface area contributed by atoms with E-state index < -0.39 is 0 Å². The van der Waals surface area contributed by atoms with E-state index in [-0.39, 0.29) is 18.1 Å². The van der Waals surface area contributed by atoms with Crippen LogP contribution in [0.4, 0.5) is 15.8 Å². The number of nitrogens with one attached hydrogen (secondary N) is 2. The first kappa shape index (κ1) is 14.5. The minimum atomic E-state index is -0.343. The lowest BCUT2D eigenvalue weighted by molar-refractivity contribution is -0.115. The predicted octanol–water partition coefficient (Wildman–Crippen LogP) is 3.14. The number of amides is 1. The Hall–Kier alpha value is -2.87. The summed E-state index contributed by atoms with van der Waals surface area (Å²) in [5.41, 5.74) is 1.54. The molecule has 2 aromatic rings. The second-order valence-corrected chi connectivity index (χ2v) is 4.39. The Balaban J connectivity index is 1.80. The van der Waals surface area contributed by atoms with Crippen molar-refractivity contribution >= 4 is 17.3 Å². The van der Waals surface area contributed by atoms with Gasteiger partial charge in [-0.05, 0) is 36.4 Å². The van der Waals surface area contributed by atoms with Crippen LogP contribution in [-0.4, -0.2) is 12.5 Å². The van der Waals surface area contributed by atoms with Gasteiger partial charge in [0.1, 0.15) is 5.82 Å². The Morgan fingerprint density at radius 2 is 1.86 bits per heavy atom. The molecule has 0 bridgehead atoms. The van der Waals surface area contributed by atoms with Crippen molar-refractivity contribution < 1.29 is 9.18 Å². The number of carbonyl (C=O) groups excluding carboxylic acids is 1. The summed E-state index contributed by atoms with van der Waals surface area (Å²) < 4.78 is 13.3. The van der Waals surface area contributed by atoms with E-state index in [1.165, 1.54) is 6.07 Å². The Morgan fingerprint density at radius 3 is 2.52 bits per heavy atom. The molecule has 0 radical (unpaired) electrons. The standard InChI is InChI=1S/C16H14FN3O/c17-14-3-1-2-4-15(14)19-10-9-16(21)20-13-7-5-12(11-18)6-8-13/h1-8,19H,9-10H2,(H,20,21). The summed E-state index contributed by atoms with van der Waals surface area (Å²) in [6, 6.07) is 14.9. The lowest BCUT2D eigenvalue weighted by Gasteiger charge is -2.08. The number of rotatable bonds is 5. The van der Waals surface area contributed by atoms with Gasteiger partial charge in [-0.3, -0.25) is 4.79 Å². The number of halogens is 1. The molecule has 4 nitrogen and oxygen atoms in total. The summed E-state index contributed by atoms with van der Waals surface area (Å²) in [6.07, 6.45) is 0.217. The summed E-state index contributed by atoms with van der Waals surface area (Å²) in [6.45, 7) is 0.336. The SMILES string of the molecule is N#Cc1ccc(NC(=O)CCNc2ccccc2F)cc1. The van der Waals surface area contributed by atoms with Crippen molar-refractivity contribution in [1.29, 1.82) is 5.26 Å². The number of benzene rings is 2. The van der Waals surface area contributed by atoms with E-state index in [0.717, 1.165) is 0 Å². The van der Waals surface area contributed by atoms with E-state index >= 15 is 0 Å². The molecule has 0 aliphatic carbocycles. The van der Waals surface area contributed by atoms with E-state index in [0.29, 0.717) is 23.5 Å². The molecule has 0 aromatic heterocycles. The molecule has 0 spiro atoms. The van der Waals surface area contributed by atoms with Gasteiger partial charge in [0.2, 0.25) is 5.91 Å². The van der Waals surface area contributed by atoms with Crippen molar-refractivity contribution in [3.05, 3.63) is 59.9 Å². The van der Waals surface area contributed by atoms with E-state index in [1.807, 2.05) is 6.07 Å². The van der Waals surface area contributed by atoms with Crippen molar-refractivity contribution in [3.63, 3.8) is 0 Å². The molecule has 0 fully saturated rings. The number of para-hydroxylation sites is 1. The van der Waals surface area contributed by atoms with E-state index in [9.17, 15) is 9.18 Å². The van der Waals surface area contributed by atoms with Crippen LogP contribution < -0.4 is 10.6 Å². The number of nitrogens with zero attached hydrogens (tertiary/aromatic N) is 1. The highest BCUT2D eigenvalue weighted by Gasteiger charge is 2.04. The Bertz CT molecular complexity index is 662. The molecule has 0 atom stereocenters. The van der Waals surface area contributed by atoms with Crippen molar-refractivity contribution in [2.75, 3.05) is 17.2 Å². The van der Waals surface area contributed by atoms with Crippen molar-refractivity contribution in [3.8, 4) is 6.07 Å². The molecule has 0 heterocycles. The highest BCUT2D eigenvalue weighted by molar-refractivity contribution is 5.91. The first-order chi connectivity index (χ1) is 10.2. The highest BCUT2D eigenvalue weighted by atomic mass is 19.1. The van der Waals surface area contributed by atoms with Gasteiger partial charge < -0.3 is 10.6 Å². The largest absolute Gasteiger partial charge is 0.382 e. The molecule has 2 N–H and O–H groups in total. The van der Waals surface area contributed by atoms with Crippen LogP contribution in [0.2, 0.25) is 0 Å². The van der Waals surface area contributed by atoms with Crippen molar-refractivity contribution in [1.82, 2.24) is 0 Å². The highest BCUT2D eigenvalue weighted by Crippen LogP contribution is 2.12. The summed E-state index contributed by atoms with van der Waals surface area (Å²) in [5, 5.41) is 14.3. The third kappa shape index (κ3) is 4.32. The van der Waals surface area contributed by atoms with Gasteiger partial charge >= 0.3 is 0 Å². The first-order valence-corrected chi connectivity index (χ1v) is 6.47. The summed E-state index contributed by atoms with van der Waals surface area (Å²) in [5.74, 6) is -0.520. The van der Waals surface area contributed by atoms with E-state index in [4.69, 9.17) is 5.26 Å². The van der Waals surface area contributed by atoms with Gasteiger partial charge in [0.25, 0.3) is 0 Å². The van der Waals surface area contributed by atoms with Gasteiger partial charge in [-0.25, -0.2) is 4.39 Å². The molecule has 1 amide bonds. The number of carbonyl (C=O) groups is 1. The van der Waals surface area contributed by atoms with Gasteiger partial charge in [-0.2, -0.15) is 5.26 Å². The molecule has 106 valence electrons. The van der Waals surface area contributed by atoms with Gasteiger partial charge in [-0.1, -0.05) is 12.1 Å². The van der Waals surface area contributed by atoms with Crippen LogP contribution >= 0.6 is 0 Å². The molecule has 0 saturated carbocycles. The molecule has 5 heteroatoms. The zero-order valence-electron chi connectivity index (χ0n) is 11.3. The lowest BCUT2D eigenvalue weighted by Crippen LogP contribution is -2.16. The first-order valence-electron chi connectivity index (χ1n) is 6.47. The maximum absolute atomic E-state index is 13.3. The fourth-order valence-corrected chi connectivity index (χ4v) is 1.77. The van der Waals surface area contributed by atoms with Crippen LogP contribution in [0.15, 0.2) is 48.5 Å². The Kier molecular flexibility index (Phi) is 4.89. The smallest absolute Gasteiger partial charge is 0.226 e. The van der Waals surface area contributed by atoms with Gasteiger partial charge in [-0.15, -0.1) is 0 Å². The van der Waals surface area contributed by atoms with Crippen LogP contribution in [0.5, 0.6) is 0 Å². The molecule has 2 rings (SSSR count). The summed E-state index contributed by atoms with van der Waals surface area (Å²) in [7, 11) is 0. The minimum absolute atomic E-state index is 0.177.